The molecule has 9 heteroatoms. The van der Waals surface area contributed by atoms with Gasteiger partial charge in [0, 0.05) is 22.7 Å². The molecular weight excluding hydrogens is 366 g/mol. The maximum absolute atomic E-state index is 10.9. The van der Waals surface area contributed by atoms with Gasteiger partial charge in [-0.1, -0.05) is 30.0 Å². The molecule has 4 rings (SSSR count). The molecule has 0 fully saturated rings. The predicted molar refractivity (Wildman–Crippen MR) is 102 cm³/mol. The number of carboxylic acids is 1. The number of fused-ring (bicyclic) bond motifs is 1. The summed E-state index contributed by atoms with van der Waals surface area (Å²) in [5.74, 6) is 0.104. The van der Waals surface area contributed by atoms with Crippen LogP contribution in [-0.2, 0) is 4.79 Å². The van der Waals surface area contributed by atoms with Gasteiger partial charge < -0.3 is 14.5 Å². The lowest BCUT2D eigenvalue weighted by Crippen LogP contribution is -2.01. The molecule has 0 spiro atoms. The number of aryl methyl sites for hydroxylation is 1. The first-order valence-electron chi connectivity index (χ1n) is 8.08. The number of aromatic nitrogens is 4. The van der Waals surface area contributed by atoms with Gasteiger partial charge in [-0.3, -0.25) is 4.79 Å². The van der Waals surface area contributed by atoms with E-state index in [0.29, 0.717) is 16.7 Å². The summed E-state index contributed by atoms with van der Waals surface area (Å²) in [6.45, 7) is 1.82. The Hall–Kier alpha value is -3.33. The molecule has 136 valence electrons. The SMILES string of the molecule is Cc1occc1-c1nnc(SCC(=O)O)n1/N=C/c1c[nH]c2ccccc12. The summed E-state index contributed by atoms with van der Waals surface area (Å²) < 4.78 is 6.89. The summed E-state index contributed by atoms with van der Waals surface area (Å²) in [6.07, 6.45) is 5.13. The average Bonchev–Trinajstić information content (AvgIpc) is 3.36. The number of para-hydroxylation sites is 1. The number of nitrogens with one attached hydrogen (secondary N) is 1. The molecule has 0 amide bonds. The smallest absolute Gasteiger partial charge is 0.313 e. The summed E-state index contributed by atoms with van der Waals surface area (Å²) in [5, 5.41) is 23.2. The standard InChI is InChI=1S/C18H15N5O3S/c1-11-13(6-7-26-11)17-21-22-18(27-10-16(24)25)23(17)20-9-12-8-19-15-5-3-2-4-14(12)15/h2-9,19H,10H2,1H3,(H,24,25)/b20-9+. The number of carbonyl (C=O) groups is 1. The van der Waals surface area contributed by atoms with Gasteiger partial charge in [-0.2, -0.15) is 9.78 Å². The lowest BCUT2D eigenvalue weighted by Gasteiger charge is -2.02. The van der Waals surface area contributed by atoms with Crippen molar-refractivity contribution in [2.24, 2.45) is 5.10 Å². The molecule has 0 atom stereocenters. The molecule has 0 bridgehead atoms. The lowest BCUT2D eigenvalue weighted by atomic mass is 10.2. The Morgan fingerprint density at radius 2 is 2.22 bits per heavy atom. The second-order valence-corrected chi connectivity index (χ2v) is 6.67. The highest BCUT2D eigenvalue weighted by Gasteiger charge is 2.18. The van der Waals surface area contributed by atoms with Crippen LogP contribution >= 0.6 is 11.8 Å². The number of benzene rings is 1. The van der Waals surface area contributed by atoms with E-state index in [1.54, 1.807) is 18.5 Å². The number of carboxylic acid groups (broad SMARTS) is 1. The normalized spacial score (nSPS) is 11.6. The van der Waals surface area contributed by atoms with Gasteiger partial charge in [-0.15, -0.1) is 10.2 Å². The quantitative estimate of drug-likeness (QED) is 0.391. The van der Waals surface area contributed by atoms with Crippen molar-refractivity contribution >= 4 is 34.8 Å². The topological polar surface area (TPSA) is 109 Å². The Labute approximate surface area is 157 Å². The van der Waals surface area contributed by atoms with E-state index in [2.05, 4.69) is 20.3 Å². The minimum Gasteiger partial charge on any atom is -0.481 e. The number of rotatable bonds is 6. The number of thioether (sulfide) groups is 1. The average molecular weight is 381 g/mol. The number of hydrogen-bond donors (Lipinski definition) is 2. The number of furan rings is 1. The third kappa shape index (κ3) is 3.36. The van der Waals surface area contributed by atoms with Crippen molar-refractivity contribution in [2.45, 2.75) is 12.1 Å². The molecule has 0 unspecified atom stereocenters. The van der Waals surface area contributed by atoms with Crippen molar-refractivity contribution in [1.29, 1.82) is 0 Å². The van der Waals surface area contributed by atoms with Gasteiger partial charge in [0.1, 0.15) is 5.76 Å². The van der Waals surface area contributed by atoms with Crippen LogP contribution in [0.15, 0.2) is 57.5 Å². The number of aromatic amines is 1. The summed E-state index contributed by atoms with van der Waals surface area (Å²) in [5.41, 5.74) is 2.66. The molecule has 0 aliphatic heterocycles. The van der Waals surface area contributed by atoms with E-state index in [9.17, 15) is 4.79 Å². The van der Waals surface area contributed by atoms with Crippen molar-refractivity contribution in [2.75, 3.05) is 5.75 Å². The fraction of sp³-hybridized carbons (Fsp3) is 0.111. The molecule has 0 radical (unpaired) electrons. The van der Waals surface area contributed by atoms with Gasteiger partial charge in [0.25, 0.3) is 0 Å². The van der Waals surface area contributed by atoms with E-state index in [4.69, 9.17) is 9.52 Å². The summed E-state index contributed by atoms with van der Waals surface area (Å²) in [6, 6.07) is 9.68. The molecule has 0 aliphatic rings. The van der Waals surface area contributed by atoms with Crippen LogP contribution in [0.25, 0.3) is 22.3 Å². The second kappa shape index (κ2) is 7.12. The summed E-state index contributed by atoms with van der Waals surface area (Å²) in [7, 11) is 0. The zero-order valence-corrected chi connectivity index (χ0v) is 15.1. The molecule has 4 aromatic rings. The third-order valence-electron chi connectivity index (χ3n) is 3.97. The van der Waals surface area contributed by atoms with Gasteiger partial charge in [0.2, 0.25) is 5.16 Å². The van der Waals surface area contributed by atoms with E-state index in [-0.39, 0.29) is 5.75 Å². The summed E-state index contributed by atoms with van der Waals surface area (Å²) >= 11 is 1.06. The van der Waals surface area contributed by atoms with Gasteiger partial charge >= 0.3 is 5.97 Å². The monoisotopic (exact) mass is 381 g/mol. The fourth-order valence-corrected chi connectivity index (χ4v) is 3.30. The van der Waals surface area contributed by atoms with Crippen LogP contribution in [0.3, 0.4) is 0 Å². The Morgan fingerprint density at radius 3 is 3.00 bits per heavy atom. The number of aliphatic carboxylic acids is 1. The lowest BCUT2D eigenvalue weighted by molar-refractivity contribution is -0.133. The Morgan fingerprint density at radius 1 is 1.37 bits per heavy atom. The van der Waals surface area contributed by atoms with E-state index >= 15 is 0 Å². The van der Waals surface area contributed by atoms with Crippen LogP contribution in [0.1, 0.15) is 11.3 Å². The van der Waals surface area contributed by atoms with Crippen molar-refractivity contribution in [1.82, 2.24) is 19.9 Å². The van der Waals surface area contributed by atoms with Crippen LogP contribution in [0.2, 0.25) is 0 Å². The van der Waals surface area contributed by atoms with Crippen LogP contribution in [0, 0.1) is 6.92 Å². The number of nitrogens with zero attached hydrogens (tertiary/aromatic N) is 4. The van der Waals surface area contributed by atoms with Gasteiger partial charge in [0.15, 0.2) is 5.82 Å². The fourth-order valence-electron chi connectivity index (χ4n) is 2.69. The first kappa shape index (κ1) is 17.1. The minimum atomic E-state index is -0.934. The first-order chi connectivity index (χ1) is 13.1. The van der Waals surface area contributed by atoms with Crippen molar-refractivity contribution in [3.8, 4) is 11.4 Å². The first-order valence-corrected chi connectivity index (χ1v) is 9.07. The zero-order valence-electron chi connectivity index (χ0n) is 14.3. The Bertz CT molecular complexity index is 1140. The molecule has 0 saturated heterocycles. The number of hydrogen-bond acceptors (Lipinski definition) is 6. The maximum atomic E-state index is 10.9. The molecule has 3 heterocycles. The van der Waals surface area contributed by atoms with Crippen LogP contribution in [0.4, 0.5) is 0 Å². The Balaban J connectivity index is 1.76. The van der Waals surface area contributed by atoms with Crippen LogP contribution in [0.5, 0.6) is 0 Å². The highest BCUT2D eigenvalue weighted by Crippen LogP contribution is 2.27. The van der Waals surface area contributed by atoms with Gasteiger partial charge in [-0.25, -0.2) is 0 Å². The highest BCUT2D eigenvalue weighted by molar-refractivity contribution is 7.99. The minimum absolute atomic E-state index is 0.134. The maximum Gasteiger partial charge on any atom is 0.313 e. The van der Waals surface area contributed by atoms with E-state index in [1.165, 1.54) is 4.68 Å². The van der Waals surface area contributed by atoms with Crippen molar-refractivity contribution in [3.63, 3.8) is 0 Å². The van der Waals surface area contributed by atoms with Crippen molar-refractivity contribution < 1.29 is 14.3 Å². The second-order valence-electron chi connectivity index (χ2n) is 5.73. The molecule has 2 N–H and O–H groups in total. The molecule has 0 aliphatic carbocycles. The zero-order chi connectivity index (χ0) is 18.8. The van der Waals surface area contributed by atoms with E-state index in [0.717, 1.165) is 33.8 Å². The van der Waals surface area contributed by atoms with Gasteiger partial charge in [-0.05, 0) is 19.1 Å². The van der Waals surface area contributed by atoms with E-state index in [1.807, 2.05) is 37.4 Å². The Kier molecular flexibility index (Phi) is 4.51. The molecule has 0 saturated carbocycles. The summed E-state index contributed by atoms with van der Waals surface area (Å²) in [4.78, 5) is 14.1. The van der Waals surface area contributed by atoms with Crippen molar-refractivity contribution in [3.05, 3.63) is 54.1 Å². The molecular formula is C18H15N5O3S. The van der Waals surface area contributed by atoms with Gasteiger partial charge in [0.05, 0.1) is 23.8 Å². The van der Waals surface area contributed by atoms with Crippen LogP contribution in [-0.4, -0.2) is 42.9 Å². The predicted octanol–water partition coefficient (Wildman–Crippen LogP) is 3.39. The number of H-pyrrole nitrogens is 1. The molecule has 1 aromatic carbocycles. The molecule has 8 nitrogen and oxygen atoms in total. The third-order valence-corrected chi connectivity index (χ3v) is 4.87. The molecule has 3 aromatic heterocycles. The van der Waals surface area contributed by atoms with Crippen LogP contribution < -0.4 is 0 Å². The van der Waals surface area contributed by atoms with E-state index < -0.39 is 5.97 Å². The molecule has 27 heavy (non-hydrogen) atoms. The largest absolute Gasteiger partial charge is 0.481 e. The highest BCUT2D eigenvalue weighted by atomic mass is 32.2.